The van der Waals surface area contributed by atoms with Crippen LogP contribution in [-0.4, -0.2) is 9.55 Å². The highest BCUT2D eigenvalue weighted by Crippen LogP contribution is 2.21. The van der Waals surface area contributed by atoms with Gasteiger partial charge < -0.3 is 9.30 Å². The Hall–Kier alpha value is -2.00. The van der Waals surface area contributed by atoms with Gasteiger partial charge in [-0.1, -0.05) is 69.2 Å². The largest absolute Gasteiger partial charge is 0.486 e. The molecule has 0 bridgehead atoms. The van der Waals surface area contributed by atoms with E-state index in [-0.39, 0.29) is 0 Å². The number of para-hydroxylation sites is 2. The van der Waals surface area contributed by atoms with Gasteiger partial charge in [-0.05, 0) is 42.8 Å². The van der Waals surface area contributed by atoms with Crippen molar-refractivity contribution in [1.82, 2.24) is 9.55 Å². The molecule has 1 heterocycles. The third kappa shape index (κ3) is 5.74. The number of imidazole rings is 1. The smallest absolute Gasteiger partial charge is 0.147 e. The Bertz CT molecular complexity index is 826. The second-order valence-electron chi connectivity index (χ2n) is 7.03. The molecule has 0 N–H and O–H groups in total. The van der Waals surface area contributed by atoms with E-state index in [9.17, 15) is 0 Å². The van der Waals surface area contributed by atoms with Crippen LogP contribution in [0.3, 0.4) is 0 Å². The van der Waals surface area contributed by atoms with E-state index in [0.29, 0.717) is 11.6 Å². The maximum Gasteiger partial charge on any atom is 0.147 e. The van der Waals surface area contributed by atoms with Crippen LogP contribution in [0.2, 0.25) is 5.02 Å². The molecular formula is C23H29ClN2O. The van der Waals surface area contributed by atoms with Gasteiger partial charge >= 0.3 is 0 Å². The third-order valence-corrected chi connectivity index (χ3v) is 5.15. The predicted octanol–water partition coefficient (Wildman–Crippen LogP) is 7.02. The first-order valence-corrected chi connectivity index (χ1v) is 10.5. The highest BCUT2D eigenvalue weighted by Gasteiger charge is 2.11. The van der Waals surface area contributed by atoms with E-state index in [1.807, 2.05) is 30.3 Å². The summed E-state index contributed by atoms with van der Waals surface area (Å²) in [6.45, 7) is 3.72. The molecule has 3 rings (SSSR count). The van der Waals surface area contributed by atoms with Crippen LogP contribution >= 0.6 is 11.6 Å². The molecule has 0 aliphatic heterocycles. The lowest BCUT2D eigenvalue weighted by atomic mass is 10.1. The summed E-state index contributed by atoms with van der Waals surface area (Å²) in [5, 5.41) is 0.716. The maximum atomic E-state index is 5.95. The molecular weight excluding hydrogens is 356 g/mol. The van der Waals surface area contributed by atoms with E-state index >= 15 is 0 Å². The molecule has 2 aromatic carbocycles. The van der Waals surface area contributed by atoms with Gasteiger partial charge in [0.05, 0.1) is 11.0 Å². The number of aromatic nitrogens is 2. The van der Waals surface area contributed by atoms with E-state index in [4.69, 9.17) is 21.3 Å². The average Bonchev–Trinajstić information content (AvgIpc) is 3.04. The SMILES string of the molecule is CCCCCCCCCn1c(COc2ccc(Cl)cc2)nc2ccccc21. The zero-order valence-electron chi connectivity index (χ0n) is 16.2. The van der Waals surface area contributed by atoms with Gasteiger partial charge in [0.15, 0.2) is 0 Å². The molecule has 0 saturated heterocycles. The number of nitrogens with zero attached hydrogens (tertiary/aromatic N) is 2. The van der Waals surface area contributed by atoms with Crippen molar-refractivity contribution in [3.05, 3.63) is 59.4 Å². The molecule has 0 atom stereocenters. The summed E-state index contributed by atoms with van der Waals surface area (Å²) in [5.41, 5.74) is 2.23. The maximum absolute atomic E-state index is 5.95. The third-order valence-electron chi connectivity index (χ3n) is 4.90. The molecule has 27 heavy (non-hydrogen) atoms. The number of rotatable bonds is 11. The summed E-state index contributed by atoms with van der Waals surface area (Å²) in [5.74, 6) is 1.80. The summed E-state index contributed by atoms with van der Waals surface area (Å²) in [6.07, 6.45) is 9.16. The van der Waals surface area contributed by atoms with Crippen molar-refractivity contribution in [3.63, 3.8) is 0 Å². The Kier molecular flexibility index (Phi) is 7.58. The van der Waals surface area contributed by atoms with Crippen LogP contribution in [0.25, 0.3) is 11.0 Å². The molecule has 0 fully saturated rings. The molecule has 0 amide bonds. The minimum atomic E-state index is 0.465. The van der Waals surface area contributed by atoms with E-state index in [2.05, 4.69) is 29.7 Å². The van der Waals surface area contributed by atoms with E-state index < -0.39 is 0 Å². The van der Waals surface area contributed by atoms with Crippen molar-refractivity contribution in [3.8, 4) is 5.75 Å². The zero-order chi connectivity index (χ0) is 18.9. The Morgan fingerprint density at radius 3 is 2.37 bits per heavy atom. The number of ether oxygens (including phenoxy) is 1. The molecule has 3 aromatic rings. The Morgan fingerprint density at radius 1 is 0.889 bits per heavy atom. The fourth-order valence-corrected chi connectivity index (χ4v) is 3.52. The number of fused-ring (bicyclic) bond motifs is 1. The van der Waals surface area contributed by atoms with Gasteiger partial charge in [-0.3, -0.25) is 0 Å². The van der Waals surface area contributed by atoms with Crippen molar-refractivity contribution in [1.29, 1.82) is 0 Å². The summed E-state index contributed by atoms with van der Waals surface area (Å²) in [7, 11) is 0. The number of unbranched alkanes of at least 4 members (excludes halogenated alkanes) is 6. The van der Waals surface area contributed by atoms with E-state index in [1.165, 1.54) is 50.5 Å². The molecule has 1 aromatic heterocycles. The summed E-state index contributed by atoms with van der Waals surface area (Å²) < 4.78 is 8.26. The molecule has 0 radical (unpaired) electrons. The highest BCUT2D eigenvalue weighted by atomic mass is 35.5. The lowest BCUT2D eigenvalue weighted by Crippen LogP contribution is -2.07. The van der Waals surface area contributed by atoms with E-state index in [1.54, 1.807) is 0 Å². The van der Waals surface area contributed by atoms with Gasteiger partial charge in [0.25, 0.3) is 0 Å². The van der Waals surface area contributed by atoms with Gasteiger partial charge in [0.1, 0.15) is 18.2 Å². The van der Waals surface area contributed by atoms with E-state index in [0.717, 1.165) is 23.6 Å². The van der Waals surface area contributed by atoms with Crippen LogP contribution in [0.1, 0.15) is 57.7 Å². The van der Waals surface area contributed by atoms with Crippen molar-refractivity contribution >= 4 is 22.6 Å². The predicted molar refractivity (Wildman–Crippen MR) is 114 cm³/mol. The van der Waals surface area contributed by atoms with Crippen LogP contribution in [0, 0.1) is 0 Å². The fourth-order valence-electron chi connectivity index (χ4n) is 3.39. The van der Waals surface area contributed by atoms with Crippen LogP contribution in [0.5, 0.6) is 5.75 Å². The average molecular weight is 385 g/mol. The molecule has 144 valence electrons. The van der Waals surface area contributed by atoms with Crippen LogP contribution in [0.4, 0.5) is 0 Å². The number of hydrogen-bond donors (Lipinski definition) is 0. The lowest BCUT2D eigenvalue weighted by molar-refractivity contribution is 0.289. The summed E-state index contributed by atoms with van der Waals surface area (Å²) in [4.78, 5) is 4.80. The van der Waals surface area contributed by atoms with Gasteiger partial charge in [0.2, 0.25) is 0 Å². The quantitative estimate of drug-likeness (QED) is 0.332. The topological polar surface area (TPSA) is 27.1 Å². The molecule has 0 unspecified atom stereocenters. The minimum absolute atomic E-state index is 0.465. The molecule has 0 aliphatic rings. The molecule has 4 heteroatoms. The Labute approximate surface area is 167 Å². The molecule has 3 nitrogen and oxygen atoms in total. The minimum Gasteiger partial charge on any atom is -0.486 e. The van der Waals surface area contributed by atoms with Gasteiger partial charge in [-0.25, -0.2) is 4.98 Å². The Balaban J connectivity index is 1.61. The normalized spacial score (nSPS) is 11.2. The first-order valence-electron chi connectivity index (χ1n) is 10.1. The Morgan fingerprint density at radius 2 is 1.59 bits per heavy atom. The first kappa shape index (κ1) is 19.8. The fraction of sp³-hybridized carbons (Fsp3) is 0.435. The molecule has 0 spiro atoms. The monoisotopic (exact) mass is 384 g/mol. The highest BCUT2D eigenvalue weighted by molar-refractivity contribution is 6.30. The number of hydrogen-bond acceptors (Lipinski definition) is 2. The van der Waals surface area contributed by atoms with Crippen LogP contribution in [0.15, 0.2) is 48.5 Å². The zero-order valence-corrected chi connectivity index (χ0v) is 16.9. The standard InChI is InChI=1S/C23H29ClN2O/c1-2-3-4-5-6-7-10-17-26-22-12-9-8-11-21(22)25-23(26)18-27-20-15-13-19(24)14-16-20/h8-9,11-16H,2-7,10,17-18H2,1H3. The summed E-state index contributed by atoms with van der Waals surface area (Å²) >= 11 is 5.95. The van der Waals surface area contributed by atoms with Crippen molar-refractivity contribution < 1.29 is 4.74 Å². The molecule has 0 aliphatic carbocycles. The number of halogens is 1. The van der Waals surface area contributed by atoms with Gasteiger partial charge in [-0.2, -0.15) is 0 Å². The van der Waals surface area contributed by atoms with Crippen LogP contribution < -0.4 is 4.74 Å². The van der Waals surface area contributed by atoms with Gasteiger partial charge in [0, 0.05) is 11.6 Å². The lowest BCUT2D eigenvalue weighted by Gasteiger charge is -2.11. The van der Waals surface area contributed by atoms with Crippen molar-refractivity contribution in [2.24, 2.45) is 0 Å². The summed E-state index contributed by atoms with van der Waals surface area (Å²) in [6, 6.07) is 15.8. The number of aryl methyl sites for hydroxylation is 1. The molecule has 0 saturated carbocycles. The second kappa shape index (κ2) is 10.4. The van der Waals surface area contributed by atoms with Crippen LogP contribution in [-0.2, 0) is 13.2 Å². The van der Waals surface area contributed by atoms with Crippen molar-refractivity contribution in [2.75, 3.05) is 0 Å². The second-order valence-corrected chi connectivity index (χ2v) is 7.47. The first-order chi connectivity index (χ1) is 13.3. The number of benzene rings is 2. The van der Waals surface area contributed by atoms with Gasteiger partial charge in [-0.15, -0.1) is 0 Å². The van der Waals surface area contributed by atoms with Crippen molar-refractivity contribution in [2.45, 2.75) is 65.0 Å².